The largest absolute Gasteiger partial charge is 0.573 e. The highest BCUT2D eigenvalue weighted by Gasteiger charge is 2.51. The van der Waals surface area contributed by atoms with Crippen molar-refractivity contribution in [3.63, 3.8) is 0 Å². The minimum atomic E-state index is -5.00. The quantitative estimate of drug-likeness (QED) is 0.140. The molecule has 3 aromatic carbocycles. The predicted molar refractivity (Wildman–Crippen MR) is 220 cm³/mol. The number of benzene rings is 3. The number of nitrogens with zero attached hydrogens (tertiary/aromatic N) is 5. The van der Waals surface area contributed by atoms with Gasteiger partial charge in [-0.15, -0.1) is 13.2 Å². The molecule has 2 saturated heterocycles. The number of halogens is 3. The number of amides is 1. The van der Waals surface area contributed by atoms with Crippen LogP contribution in [0.15, 0.2) is 53.1 Å². The molecule has 0 spiro atoms. The number of hydrogen-bond acceptors (Lipinski definition) is 12. The highest BCUT2D eigenvalue weighted by Crippen LogP contribution is 2.49. The number of fused-ring (bicyclic) bond motifs is 2. The van der Waals surface area contributed by atoms with Crippen LogP contribution in [0.4, 0.5) is 13.2 Å². The maximum absolute atomic E-state index is 14.1. The molecule has 17 heteroatoms. The van der Waals surface area contributed by atoms with Crippen molar-refractivity contribution >= 4 is 27.0 Å². The fourth-order valence-corrected chi connectivity index (χ4v) is 10.5. The third-order valence-corrected chi connectivity index (χ3v) is 15.2. The number of methoxy groups -OCH3 is 1. The molecule has 1 amide bonds. The van der Waals surface area contributed by atoms with Crippen LogP contribution in [-0.2, 0) is 27.8 Å². The van der Waals surface area contributed by atoms with Crippen LogP contribution in [0.2, 0.25) is 0 Å². The summed E-state index contributed by atoms with van der Waals surface area (Å²) < 4.78 is 85.7. The van der Waals surface area contributed by atoms with E-state index in [-0.39, 0.29) is 42.1 Å². The van der Waals surface area contributed by atoms with Crippen LogP contribution in [0, 0.1) is 19.8 Å². The molecule has 4 aliphatic rings. The summed E-state index contributed by atoms with van der Waals surface area (Å²) in [5, 5.41) is 9.98. The molecule has 0 radical (unpaired) electrons. The fourth-order valence-electron chi connectivity index (χ4n) is 9.20. The van der Waals surface area contributed by atoms with E-state index >= 15 is 0 Å². The van der Waals surface area contributed by atoms with Crippen molar-refractivity contribution in [3.05, 3.63) is 76.6 Å². The van der Waals surface area contributed by atoms with E-state index in [2.05, 4.69) is 9.62 Å². The van der Waals surface area contributed by atoms with Crippen molar-refractivity contribution in [2.75, 3.05) is 33.3 Å². The number of sulfonamides is 1. The number of β-amino-alcohol motifs (C(OH)–C–C–N with tert-alkyl or cyclic N) is 1. The van der Waals surface area contributed by atoms with Crippen LogP contribution in [-0.4, -0.2) is 94.7 Å². The van der Waals surface area contributed by atoms with Crippen LogP contribution in [0.5, 0.6) is 11.6 Å². The monoisotopic (exact) mass is 860 g/mol. The summed E-state index contributed by atoms with van der Waals surface area (Å²) in [6.07, 6.45) is -0.732. The first-order chi connectivity index (χ1) is 29.0. The lowest BCUT2D eigenvalue weighted by Gasteiger charge is -2.25. The molecule has 2 aliphatic heterocycles. The van der Waals surface area contributed by atoms with Gasteiger partial charge < -0.3 is 19.0 Å². The zero-order valence-electron chi connectivity index (χ0n) is 34.3. The molecule has 322 valence electrons. The first-order valence-corrected chi connectivity index (χ1v) is 22.0. The van der Waals surface area contributed by atoms with Crippen LogP contribution in [0.25, 0.3) is 44.9 Å². The maximum Gasteiger partial charge on any atom is 0.573 e. The van der Waals surface area contributed by atoms with Gasteiger partial charge in [-0.3, -0.25) is 24.3 Å². The van der Waals surface area contributed by atoms with Crippen LogP contribution >= 0.6 is 0 Å². The van der Waals surface area contributed by atoms with Gasteiger partial charge in [0, 0.05) is 48.9 Å². The summed E-state index contributed by atoms with van der Waals surface area (Å²) >= 11 is 0. The number of carbonyl (C=O) groups excluding carboxylic acids is 1. The Kier molecular flexibility index (Phi) is 10.4. The Hall–Kier alpha value is -5.10. The van der Waals surface area contributed by atoms with Crippen LogP contribution in [0.3, 0.4) is 0 Å². The molecule has 1 saturated carbocycles. The van der Waals surface area contributed by atoms with Crippen molar-refractivity contribution in [2.24, 2.45) is 5.92 Å². The van der Waals surface area contributed by atoms with Crippen LogP contribution < -0.4 is 14.2 Å². The topological polar surface area (TPSA) is 160 Å². The van der Waals surface area contributed by atoms with Crippen molar-refractivity contribution in [1.29, 1.82) is 0 Å². The number of rotatable bonds is 11. The van der Waals surface area contributed by atoms with Gasteiger partial charge in [0.2, 0.25) is 27.7 Å². The van der Waals surface area contributed by atoms with Gasteiger partial charge in [0.1, 0.15) is 11.2 Å². The Labute approximate surface area is 351 Å². The number of likely N-dealkylation sites (tertiary alicyclic amines) is 2. The Morgan fingerprint density at radius 2 is 1.70 bits per heavy atom. The van der Waals surface area contributed by atoms with Gasteiger partial charge in [0.25, 0.3) is 0 Å². The molecule has 5 aromatic rings. The van der Waals surface area contributed by atoms with Crippen molar-refractivity contribution in [2.45, 2.75) is 89.1 Å². The smallest absolute Gasteiger partial charge is 0.480 e. The molecular weight excluding hydrogens is 814 g/mol. The lowest BCUT2D eigenvalue weighted by Crippen LogP contribution is -2.42. The summed E-state index contributed by atoms with van der Waals surface area (Å²) in [4.78, 5) is 31.5. The molecule has 3 atom stereocenters. The summed E-state index contributed by atoms with van der Waals surface area (Å²) in [6.45, 7) is 8.11. The first-order valence-electron chi connectivity index (χ1n) is 20.6. The van der Waals surface area contributed by atoms with Crippen molar-refractivity contribution in [3.8, 4) is 45.5 Å². The van der Waals surface area contributed by atoms with Gasteiger partial charge >= 0.3 is 6.36 Å². The van der Waals surface area contributed by atoms with Gasteiger partial charge in [-0.1, -0.05) is 30.3 Å². The lowest BCUT2D eigenvalue weighted by atomic mass is 9.90. The van der Waals surface area contributed by atoms with Gasteiger partial charge in [0.05, 0.1) is 35.8 Å². The SMILES string of the molecule is COc1nc(-c2cccc(-c3cccc(-c4nc5cc6c(c(OC(F)(F)F)c5o4)CC[C@H]6N4CC[C@@H](C(=O)NS(=O)(=O)C5(C)CC5)C4)c3C)c2C)cnc1CN1CC[C@@H](O)C1. The molecule has 2 aliphatic carbocycles. The second-order valence-corrected chi connectivity index (χ2v) is 19.2. The number of carbonyl (C=O) groups is 1. The Balaban J connectivity index is 1.02. The average Bonchev–Trinajstić information content (AvgIpc) is 3.68. The molecule has 2 N–H and O–H groups in total. The number of nitrogens with one attached hydrogen (secondary N) is 1. The predicted octanol–water partition coefficient (Wildman–Crippen LogP) is 7.02. The van der Waals surface area contributed by atoms with E-state index in [0.29, 0.717) is 85.7 Å². The summed E-state index contributed by atoms with van der Waals surface area (Å²) in [6, 6.07) is 13.0. The molecule has 0 bridgehead atoms. The molecule has 13 nitrogen and oxygen atoms in total. The van der Waals surface area contributed by atoms with E-state index in [1.807, 2.05) is 55.1 Å². The zero-order valence-corrected chi connectivity index (χ0v) is 35.1. The summed E-state index contributed by atoms with van der Waals surface area (Å²) in [7, 11) is -2.24. The number of hydrogen-bond donors (Lipinski definition) is 2. The second-order valence-electron chi connectivity index (χ2n) is 17.0. The average molecular weight is 861 g/mol. The highest BCUT2D eigenvalue weighted by molar-refractivity contribution is 7.91. The first kappa shape index (κ1) is 41.3. The van der Waals surface area contributed by atoms with Crippen molar-refractivity contribution in [1.82, 2.24) is 29.5 Å². The number of oxazole rings is 1. The Bertz CT molecular complexity index is 2670. The summed E-state index contributed by atoms with van der Waals surface area (Å²) in [5.41, 5.74) is 7.33. The van der Waals surface area contributed by atoms with E-state index in [9.17, 15) is 31.5 Å². The Morgan fingerprint density at radius 1 is 1.00 bits per heavy atom. The molecule has 61 heavy (non-hydrogen) atoms. The number of ether oxygens (including phenoxy) is 2. The Morgan fingerprint density at radius 3 is 2.38 bits per heavy atom. The molecule has 9 rings (SSSR count). The molecular formula is C44H47F3N6O7S. The van der Waals surface area contributed by atoms with Gasteiger partial charge in [0.15, 0.2) is 11.3 Å². The molecule has 0 unspecified atom stereocenters. The number of alkyl halides is 3. The van der Waals surface area contributed by atoms with E-state index in [0.717, 1.165) is 34.4 Å². The van der Waals surface area contributed by atoms with Gasteiger partial charge in [-0.2, -0.15) is 0 Å². The van der Waals surface area contributed by atoms with E-state index in [1.54, 1.807) is 26.3 Å². The third kappa shape index (κ3) is 7.74. The highest BCUT2D eigenvalue weighted by atomic mass is 32.2. The maximum atomic E-state index is 14.1. The molecule has 3 fully saturated rings. The molecule has 4 heterocycles. The zero-order chi connectivity index (χ0) is 43.0. The second kappa shape index (κ2) is 15.4. The van der Waals surface area contributed by atoms with Gasteiger partial charge in [-0.25, -0.2) is 18.4 Å². The molecule has 2 aromatic heterocycles. The van der Waals surface area contributed by atoms with E-state index < -0.39 is 38.7 Å². The fraction of sp³-hybridized carbons (Fsp3) is 0.455. The number of aliphatic hydroxyl groups is 1. The minimum absolute atomic E-state index is 0.107. The summed E-state index contributed by atoms with van der Waals surface area (Å²) in [5.74, 6) is -1.00. The third-order valence-electron chi connectivity index (χ3n) is 13.0. The standard InChI is InChI=1S/C44H47F3N6O7S/c1-24-28(7-5-9-30(24)35-20-48-36(42(50-35)58-4)23-52-17-14-27(54)22-52)29-8-6-10-31(25(29)2)41-49-34-19-33-32(38(39(34)59-41)60-44(45,46)47)11-12-37(33)53-18-13-26(21-53)40(55)51-61(56,57)43(3)15-16-43/h5-10,19-20,26-27,37,54H,11-18,21-23H2,1-4H3,(H,51,55)/t26-,27-,37-/m1/s1. The van der Waals surface area contributed by atoms with Crippen LogP contribution in [0.1, 0.15) is 73.0 Å². The van der Waals surface area contributed by atoms with E-state index in [4.69, 9.17) is 28.8 Å². The number of aromatic nitrogens is 3. The normalized spacial score (nSPS) is 21.5. The van der Waals surface area contributed by atoms with Gasteiger partial charge in [-0.05, 0) is 106 Å². The van der Waals surface area contributed by atoms with Crippen molar-refractivity contribution < 1.29 is 45.4 Å². The van der Waals surface area contributed by atoms with E-state index in [1.165, 1.54) is 0 Å². The minimum Gasteiger partial charge on any atom is -0.480 e. The lowest BCUT2D eigenvalue weighted by molar-refractivity contribution is -0.274. The number of aliphatic hydroxyl groups excluding tert-OH is 1.